The van der Waals surface area contributed by atoms with Crippen LogP contribution >= 0.6 is 0 Å². The minimum atomic E-state index is 0.0130. The number of carbonyl (C=O) groups is 1. The van der Waals surface area contributed by atoms with Gasteiger partial charge in [0.1, 0.15) is 5.82 Å². The van der Waals surface area contributed by atoms with Crippen molar-refractivity contribution in [2.24, 2.45) is 0 Å². The largest absolute Gasteiger partial charge is 0.353 e. The van der Waals surface area contributed by atoms with E-state index in [4.69, 9.17) is 4.52 Å². The predicted octanol–water partition coefficient (Wildman–Crippen LogP) is 3.72. The Morgan fingerprint density at radius 3 is 2.53 bits per heavy atom. The monoisotopic (exact) mass is 434 g/mol. The van der Waals surface area contributed by atoms with E-state index in [-0.39, 0.29) is 11.9 Å². The summed E-state index contributed by atoms with van der Waals surface area (Å²) in [4.78, 5) is 25.5. The van der Waals surface area contributed by atoms with Gasteiger partial charge in [-0.1, -0.05) is 49.3 Å². The number of aromatic nitrogens is 3. The number of nitrogens with one attached hydrogen (secondary N) is 1. The van der Waals surface area contributed by atoms with E-state index in [1.54, 1.807) is 6.20 Å². The highest BCUT2D eigenvalue weighted by atomic mass is 16.5. The van der Waals surface area contributed by atoms with Crippen molar-refractivity contribution in [1.29, 1.82) is 0 Å². The predicted molar refractivity (Wildman–Crippen MR) is 124 cm³/mol. The van der Waals surface area contributed by atoms with Crippen LogP contribution < -0.4 is 10.2 Å². The number of nitrogens with zero attached hydrogens (tertiary/aromatic N) is 5. The number of amides is 2. The van der Waals surface area contributed by atoms with Crippen LogP contribution in [0.1, 0.15) is 37.6 Å². The minimum absolute atomic E-state index is 0.0130. The van der Waals surface area contributed by atoms with Gasteiger partial charge in [-0.3, -0.25) is 0 Å². The fraction of sp³-hybridized carbons (Fsp3) is 0.417. The molecule has 2 aromatic heterocycles. The molecule has 3 aromatic rings. The highest BCUT2D eigenvalue weighted by Crippen LogP contribution is 2.21. The lowest BCUT2D eigenvalue weighted by Gasteiger charge is -2.35. The Kier molecular flexibility index (Phi) is 6.99. The average Bonchev–Trinajstić information content (AvgIpc) is 3.33. The van der Waals surface area contributed by atoms with Crippen molar-refractivity contribution in [3.63, 3.8) is 0 Å². The van der Waals surface area contributed by atoms with Gasteiger partial charge in [-0.2, -0.15) is 4.98 Å². The molecule has 1 fully saturated rings. The maximum absolute atomic E-state index is 12.5. The lowest BCUT2D eigenvalue weighted by atomic mass is 10.1. The number of hydrogen-bond acceptors (Lipinski definition) is 6. The Labute approximate surface area is 188 Å². The van der Waals surface area contributed by atoms with Crippen molar-refractivity contribution in [3.05, 3.63) is 60.1 Å². The summed E-state index contributed by atoms with van der Waals surface area (Å²) < 4.78 is 5.28. The number of hydrogen-bond donors (Lipinski definition) is 1. The Hall–Kier alpha value is -3.42. The van der Waals surface area contributed by atoms with Gasteiger partial charge >= 0.3 is 6.03 Å². The second-order valence-electron chi connectivity index (χ2n) is 8.31. The van der Waals surface area contributed by atoms with Crippen molar-refractivity contribution in [2.75, 3.05) is 37.6 Å². The Morgan fingerprint density at radius 1 is 1.09 bits per heavy atom. The van der Waals surface area contributed by atoms with Crippen molar-refractivity contribution in [1.82, 2.24) is 25.3 Å². The van der Waals surface area contributed by atoms with Gasteiger partial charge in [0.25, 0.3) is 0 Å². The zero-order valence-electron chi connectivity index (χ0n) is 18.7. The molecule has 32 heavy (non-hydrogen) atoms. The lowest BCUT2D eigenvalue weighted by molar-refractivity contribution is 0.194. The van der Waals surface area contributed by atoms with Gasteiger partial charge in [-0.15, -0.1) is 0 Å². The third-order valence-electron chi connectivity index (χ3n) is 5.59. The topological polar surface area (TPSA) is 87.4 Å². The van der Waals surface area contributed by atoms with Crippen molar-refractivity contribution >= 4 is 11.8 Å². The molecule has 1 aliphatic heterocycles. The van der Waals surface area contributed by atoms with Gasteiger partial charge in [-0.05, 0) is 30.5 Å². The van der Waals surface area contributed by atoms with Gasteiger partial charge in [-0.25, -0.2) is 9.78 Å². The van der Waals surface area contributed by atoms with Gasteiger partial charge < -0.3 is 19.6 Å². The highest BCUT2D eigenvalue weighted by molar-refractivity contribution is 5.74. The number of urea groups is 1. The standard InChI is InChI=1S/C24H30N6O2/c1-18(2)23-27-22(28-32-23)20-10-11-21(26-17-20)29-13-15-30(16-14-29)24(31)25-12-6-9-19-7-4-3-5-8-19/h3-5,7-8,10-11,17-18H,6,9,12-16H2,1-2H3,(H,25,31). The molecule has 1 aliphatic rings. The molecular weight excluding hydrogens is 404 g/mol. The number of aryl methyl sites for hydroxylation is 1. The number of benzene rings is 1. The van der Waals surface area contributed by atoms with Gasteiger partial charge in [0.15, 0.2) is 0 Å². The second kappa shape index (κ2) is 10.3. The van der Waals surface area contributed by atoms with Crippen molar-refractivity contribution < 1.29 is 9.32 Å². The normalized spacial score (nSPS) is 14.1. The van der Waals surface area contributed by atoms with E-state index >= 15 is 0 Å². The number of rotatable bonds is 7. The number of anilines is 1. The second-order valence-corrected chi connectivity index (χ2v) is 8.31. The number of pyridine rings is 1. The molecule has 0 atom stereocenters. The number of piperazine rings is 1. The van der Waals surface area contributed by atoms with Crippen LogP contribution in [0.5, 0.6) is 0 Å². The first-order valence-corrected chi connectivity index (χ1v) is 11.2. The maximum atomic E-state index is 12.5. The maximum Gasteiger partial charge on any atom is 0.317 e. The number of carbonyl (C=O) groups excluding carboxylic acids is 1. The molecule has 8 nitrogen and oxygen atoms in total. The van der Waals surface area contributed by atoms with E-state index in [2.05, 4.69) is 37.5 Å². The molecule has 2 amide bonds. The Balaban J connectivity index is 1.22. The van der Waals surface area contributed by atoms with Crippen LogP contribution in [0, 0.1) is 0 Å². The van der Waals surface area contributed by atoms with Crippen LogP contribution in [0.15, 0.2) is 53.2 Å². The first kappa shape index (κ1) is 21.8. The molecular formula is C24H30N6O2. The van der Waals surface area contributed by atoms with Crippen LogP contribution in [0.4, 0.5) is 10.6 Å². The van der Waals surface area contributed by atoms with Crippen LogP contribution in [0.3, 0.4) is 0 Å². The smallest absolute Gasteiger partial charge is 0.317 e. The molecule has 8 heteroatoms. The molecule has 3 heterocycles. The van der Waals surface area contributed by atoms with E-state index in [1.807, 2.05) is 49.1 Å². The summed E-state index contributed by atoms with van der Waals surface area (Å²) in [6, 6.07) is 14.3. The van der Waals surface area contributed by atoms with Gasteiger partial charge in [0, 0.05) is 50.4 Å². The van der Waals surface area contributed by atoms with Gasteiger partial charge in [0.05, 0.1) is 0 Å². The first-order chi connectivity index (χ1) is 15.6. The molecule has 168 valence electrons. The minimum Gasteiger partial charge on any atom is -0.353 e. The fourth-order valence-corrected chi connectivity index (χ4v) is 3.68. The summed E-state index contributed by atoms with van der Waals surface area (Å²) in [5, 5.41) is 7.08. The molecule has 0 spiro atoms. The molecule has 0 aliphatic carbocycles. The molecule has 1 N–H and O–H groups in total. The summed E-state index contributed by atoms with van der Waals surface area (Å²) in [5.74, 6) is 2.27. The third kappa shape index (κ3) is 5.43. The molecule has 1 aromatic carbocycles. The quantitative estimate of drug-likeness (QED) is 0.570. The summed E-state index contributed by atoms with van der Waals surface area (Å²) in [7, 11) is 0. The molecule has 0 bridgehead atoms. The van der Waals surface area contributed by atoms with Crippen molar-refractivity contribution in [2.45, 2.75) is 32.6 Å². The van der Waals surface area contributed by atoms with E-state index < -0.39 is 0 Å². The van der Waals surface area contributed by atoms with Gasteiger partial charge in [0.2, 0.25) is 11.7 Å². The summed E-state index contributed by atoms with van der Waals surface area (Å²) in [5.41, 5.74) is 2.13. The van der Waals surface area contributed by atoms with Crippen molar-refractivity contribution in [3.8, 4) is 11.4 Å². The molecule has 1 saturated heterocycles. The van der Waals surface area contributed by atoms with Crippen LogP contribution in [-0.4, -0.2) is 58.8 Å². The third-order valence-corrected chi connectivity index (χ3v) is 5.59. The SMILES string of the molecule is CC(C)c1nc(-c2ccc(N3CCN(C(=O)NCCCc4ccccc4)CC3)nc2)no1. The van der Waals surface area contributed by atoms with Crippen LogP contribution in [-0.2, 0) is 6.42 Å². The fourth-order valence-electron chi connectivity index (χ4n) is 3.68. The first-order valence-electron chi connectivity index (χ1n) is 11.2. The summed E-state index contributed by atoms with van der Waals surface area (Å²) in [6.45, 7) is 7.58. The van der Waals surface area contributed by atoms with E-state index in [9.17, 15) is 4.79 Å². The zero-order chi connectivity index (χ0) is 22.3. The summed E-state index contributed by atoms with van der Waals surface area (Å²) in [6.07, 6.45) is 3.68. The zero-order valence-corrected chi connectivity index (χ0v) is 18.7. The average molecular weight is 435 g/mol. The summed E-state index contributed by atoms with van der Waals surface area (Å²) >= 11 is 0. The Bertz CT molecular complexity index is 995. The van der Waals surface area contributed by atoms with E-state index in [0.29, 0.717) is 31.3 Å². The molecule has 4 rings (SSSR count). The Morgan fingerprint density at radius 2 is 1.88 bits per heavy atom. The lowest BCUT2D eigenvalue weighted by Crippen LogP contribution is -2.52. The van der Waals surface area contributed by atoms with E-state index in [0.717, 1.165) is 37.3 Å². The molecule has 0 radical (unpaired) electrons. The molecule has 0 saturated carbocycles. The van der Waals surface area contributed by atoms with Crippen LogP contribution in [0.25, 0.3) is 11.4 Å². The highest BCUT2D eigenvalue weighted by Gasteiger charge is 2.22. The van der Waals surface area contributed by atoms with E-state index in [1.165, 1.54) is 5.56 Å². The van der Waals surface area contributed by atoms with Crippen LogP contribution in [0.2, 0.25) is 0 Å². The molecule has 0 unspecified atom stereocenters.